The largest absolute Gasteiger partial charge is 0.369 e. The number of benzene rings is 2. The molecule has 0 atom stereocenters. The number of nitriles is 1. The molecule has 0 aliphatic carbocycles. The molecule has 5 heteroatoms. The summed E-state index contributed by atoms with van der Waals surface area (Å²) in [6, 6.07) is 13.2. The molecule has 0 fully saturated rings. The van der Waals surface area contributed by atoms with E-state index in [1.165, 1.54) is 0 Å². The molecule has 0 unspecified atom stereocenters. The van der Waals surface area contributed by atoms with E-state index in [9.17, 15) is 0 Å². The highest BCUT2D eigenvalue weighted by Gasteiger charge is 2.16. The molecular weight excluding hydrogens is 272 g/mol. The lowest BCUT2D eigenvalue weighted by atomic mass is 10.1. The van der Waals surface area contributed by atoms with E-state index in [2.05, 4.69) is 11.1 Å². The van der Waals surface area contributed by atoms with Gasteiger partial charge in [0.2, 0.25) is 5.95 Å². The van der Waals surface area contributed by atoms with Crippen molar-refractivity contribution in [3.63, 3.8) is 0 Å². The van der Waals surface area contributed by atoms with Gasteiger partial charge in [-0.05, 0) is 30.7 Å². The highest BCUT2D eigenvalue weighted by Crippen LogP contribution is 2.31. The summed E-state index contributed by atoms with van der Waals surface area (Å²) in [5.41, 5.74) is 9.68. The van der Waals surface area contributed by atoms with Crippen LogP contribution in [-0.4, -0.2) is 9.55 Å². The number of hydrogen-bond donors (Lipinski definition) is 1. The van der Waals surface area contributed by atoms with E-state index in [0.717, 1.165) is 16.8 Å². The van der Waals surface area contributed by atoms with E-state index >= 15 is 0 Å². The van der Waals surface area contributed by atoms with Gasteiger partial charge in [0.05, 0.1) is 21.8 Å². The number of fused-ring (bicyclic) bond motifs is 1. The van der Waals surface area contributed by atoms with Crippen LogP contribution in [0.1, 0.15) is 11.1 Å². The maximum atomic E-state index is 9.15. The third-order valence-corrected chi connectivity index (χ3v) is 3.55. The van der Waals surface area contributed by atoms with Crippen molar-refractivity contribution < 1.29 is 0 Å². The zero-order chi connectivity index (χ0) is 14.3. The number of aryl methyl sites for hydroxylation is 1. The number of aromatic nitrogens is 2. The third kappa shape index (κ3) is 1.72. The monoisotopic (exact) mass is 282 g/mol. The number of rotatable bonds is 1. The topological polar surface area (TPSA) is 67.6 Å². The molecule has 0 bridgehead atoms. The molecule has 3 rings (SSSR count). The second kappa shape index (κ2) is 4.55. The van der Waals surface area contributed by atoms with Gasteiger partial charge in [0, 0.05) is 0 Å². The smallest absolute Gasteiger partial charge is 0.206 e. The fourth-order valence-corrected chi connectivity index (χ4v) is 2.66. The molecule has 0 aliphatic rings. The molecule has 98 valence electrons. The van der Waals surface area contributed by atoms with E-state index in [-0.39, 0.29) is 0 Å². The van der Waals surface area contributed by atoms with Gasteiger partial charge >= 0.3 is 0 Å². The summed E-state index contributed by atoms with van der Waals surface area (Å²) in [5, 5.41) is 9.75. The molecule has 20 heavy (non-hydrogen) atoms. The van der Waals surface area contributed by atoms with Crippen LogP contribution in [0.25, 0.3) is 16.7 Å². The second-order valence-corrected chi connectivity index (χ2v) is 4.90. The molecule has 3 aromatic rings. The zero-order valence-corrected chi connectivity index (χ0v) is 11.5. The SMILES string of the molecule is Cc1cccc(Cl)c1-n1c(N)nc2c(C#N)cccc21. The molecule has 1 aromatic heterocycles. The van der Waals surface area contributed by atoms with Crippen LogP contribution in [0.5, 0.6) is 0 Å². The first-order valence-corrected chi connectivity index (χ1v) is 6.44. The van der Waals surface area contributed by atoms with Crippen LogP contribution in [-0.2, 0) is 0 Å². The zero-order valence-electron chi connectivity index (χ0n) is 10.8. The Labute approximate surface area is 121 Å². The number of imidazole rings is 1. The molecule has 0 saturated carbocycles. The molecule has 2 aromatic carbocycles. The van der Waals surface area contributed by atoms with E-state index in [1.807, 2.05) is 37.3 Å². The van der Waals surface area contributed by atoms with Gasteiger partial charge in [0.1, 0.15) is 11.6 Å². The maximum absolute atomic E-state index is 9.15. The molecular formula is C15H11ClN4. The fourth-order valence-electron chi connectivity index (χ4n) is 2.35. The maximum Gasteiger partial charge on any atom is 0.206 e. The summed E-state index contributed by atoms with van der Waals surface area (Å²) in [7, 11) is 0. The van der Waals surface area contributed by atoms with Crippen molar-refractivity contribution in [3.05, 3.63) is 52.5 Å². The van der Waals surface area contributed by atoms with Gasteiger partial charge in [0.15, 0.2) is 0 Å². The lowest BCUT2D eigenvalue weighted by Gasteiger charge is -2.11. The summed E-state index contributed by atoms with van der Waals surface area (Å²) >= 11 is 6.30. The Hall–Kier alpha value is -2.51. The van der Waals surface area contributed by atoms with E-state index < -0.39 is 0 Å². The fraction of sp³-hybridized carbons (Fsp3) is 0.0667. The predicted octanol–water partition coefficient (Wildman–Crippen LogP) is 3.44. The number of halogens is 1. The van der Waals surface area contributed by atoms with Crippen molar-refractivity contribution in [2.24, 2.45) is 0 Å². The van der Waals surface area contributed by atoms with E-state index in [0.29, 0.717) is 22.1 Å². The average Bonchev–Trinajstić information content (AvgIpc) is 2.75. The van der Waals surface area contributed by atoms with Crippen molar-refractivity contribution in [1.29, 1.82) is 5.26 Å². The minimum Gasteiger partial charge on any atom is -0.369 e. The number of nitrogens with zero attached hydrogens (tertiary/aromatic N) is 3. The van der Waals surface area contributed by atoms with Gasteiger partial charge in [-0.1, -0.05) is 29.8 Å². The Balaban J connectivity index is 2.44. The lowest BCUT2D eigenvalue weighted by molar-refractivity contribution is 1.09. The van der Waals surface area contributed by atoms with Crippen LogP contribution in [0.4, 0.5) is 5.95 Å². The molecule has 1 heterocycles. The normalized spacial score (nSPS) is 10.7. The Bertz CT molecular complexity index is 838. The van der Waals surface area contributed by atoms with Crippen molar-refractivity contribution in [2.45, 2.75) is 6.92 Å². The summed E-state index contributed by atoms with van der Waals surface area (Å²) in [4.78, 5) is 4.30. The van der Waals surface area contributed by atoms with Gasteiger partial charge < -0.3 is 5.73 Å². The summed E-state index contributed by atoms with van der Waals surface area (Å²) < 4.78 is 1.79. The predicted molar refractivity (Wildman–Crippen MR) is 79.9 cm³/mol. The molecule has 0 saturated heterocycles. The van der Waals surface area contributed by atoms with Crippen molar-refractivity contribution in [2.75, 3.05) is 5.73 Å². The molecule has 4 nitrogen and oxygen atoms in total. The minimum atomic E-state index is 0.318. The Morgan fingerprint density at radius 1 is 1.25 bits per heavy atom. The second-order valence-electron chi connectivity index (χ2n) is 4.50. The van der Waals surface area contributed by atoms with Gasteiger partial charge in [-0.15, -0.1) is 0 Å². The van der Waals surface area contributed by atoms with Gasteiger partial charge in [-0.2, -0.15) is 5.26 Å². The highest BCUT2D eigenvalue weighted by molar-refractivity contribution is 6.32. The molecule has 0 spiro atoms. The third-order valence-electron chi connectivity index (χ3n) is 3.24. The molecule has 0 radical (unpaired) electrons. The van der Waals surface area contributed by atoms with Crippen LogP contribution < -0.4 is 5.73 Å². The first-order chi connectivity index (χ1) is 9.63. The number of hydrogen-bond acceptors (Lipinski definition) is 3. The van der Waals surface area contributed by atoms with Crippen LogP contribution >= 0.6 is 11.6 Å². The quantitative estimate of drug-likeness (QED) is 0.743. The number of nitrogens with two attached hydrogens (primary N) is 1. The van der Waals surface area contributed by atoms with E-state index in [1.54, 1.807) is 10.6 Å². The van der Waals surface area contributed by atoms with Crippen LogP contribution in [0.3, 0.4) is 0 Å². The lowest BCUT2D eigenvalue weighted by Crippen LogP contribution is -2.03. The van der Waals surface area contributed by atoms with Crippen LogP contribution in [0, 0.1) is 18.3 Å². The van der Waals surface area contributed by atoms with Crippen LogP contribution in [0.2, 0.25) is 5.02 Å². The summed E-state index contributed by atoms with van der Waals surface area (Å²) in [6.07, 6.45) is 0. The first-order valence-electron chi connectivity index (χ1n) is 6.06. The van der Waals surface area contributed by atoms with Gasteiger partial charge in [0.25, 0.3) is 0 Å². The van der Waals surface area contributed by atoms with Gasteiger partial charge in [-0.3, -0.25) is 4.57 Å². The highest BCUT2D eigenvalue weighted by atomic mass is 35.5. The summed E-state index contributed by atoms with van der Waals surface area (Å²) in [5.74, 6) is 0.318. The number of nitrogen functional groups attached to an aromatic ring is 1. The Morgan fingerprint density at radius 2 is 2.00 bits per heavy atom. The van der Waals surface area contributed by atoms with Crippen molar-refractivity contribution in [3.8, 4) is 11.8 Å². The van der Waals surface area contributed by atoms with Gasteiger partial charge in [-0.25, -0.2) is 4.98 Å². The summed E-state index contributed by atoms with van der Waals surface area (Å²) in [6.45, 7) is 1.96. The van der Waals surface area contributed by atoms with E-state index in [4.69, 9.17) is 22.6 Å². The Morgan fingerprint density at radius 3 is 2.70 bits per heavy atom. The van der Waals surface area contributed by atoms with Crippen molar-refractivity contribution in [1.82, 2.24) is 9.55 Å². The average molecular weight is 283 g/mol. The van der Waals surface area contributed by atoms with Crippen molar-refractivity contribution >= 4 is 28.6 Å². The minimum absolute atomic E-state index is 0.318. The molecule has 2 N–H and O–H groups in total. The number of para-hydroxylation sites is 2. The molecule has 0 aliphatic heterocycles. The number of anilines is 1. The standard InChI is InChI=1S/C15H11ClN4/c1-9-4-2-6-11(16)14(9)20-12-7-3-5-10(8-17)13(12)19-15(20)18/h2-7H,1H3,(H2,18,19). The Kier molecular flexibility index (Phi) is 2.85. The molecule has 0 amide bonds. The first kappa shape index (κ1) is 12.5. The van der Waals surface area contributed by atoms with Crippen LogP contribution in [0.15, 0.2) is 36.4 Å².